The lowest BCUT2D eigenvalue weighted by Crippen LogP contribution is -2.21. The Bertz CT molecular complexity index is 671. The van der Waals surface area contributed by atoms with Gasteiger partial charge in [-0.15, -0.1) is 0 Å². The van der Waals surface area contributed by atoms with E-state index in [0.29, 0.717) is 15.5 Å². The average Bonchev–Trinajstić information content (AvgIpc) is 2.47. The number of nitrogens with one attached hydrogen (secondary N) is 1. The van der Waals surface area contributed by atoms with Crippen LogP contribution in [0.5, 0.6) is 0 Å². The summed E-state index contributed by atoms with van der Waals surface area (Å²) in [6.45, 7) is -0.780. The van der Waals surface area contributed by atoms with Gasteiger partial charge in [0.2, 0.25) is 0 Å². The summed E-state index contributed by atoms with van der Waals surface area (Å²) in [4.78, 5) is 22.0. The van der Waals surface area contributed by atoms with Crippen molar-refractivity contribution in [3.63, 3.8) is 0 Å². The Morgan fingerprint density at radius 1 is 1.05 bits per heavy atom. The second-order valence-corrected chi connectivity index (χ2v) is 5.63. The van der Waals surface area contributed by atoms with Gasteiger partial charge in [0.05, 0.1) is 10.8 Å². The predicted molar refractivity (Wildman–Crippen MR) is 78.0 cm³/mol. The van der Waals surface area contributed by atoms with Gasteiger partial charge in [0.1, 0.15) is 0 Å². The van der Waals surface area contributed by atoms with Crippen LogP contribution in [-0.2, 0) is 15.6 Å². The number of nitrogens with zero attached hydrogens (tertiary/aromatic N) is 1. The van der Waals surface area contributed by atoms with Crippen LogP contribution in [0.3, 0.4) is 0 Å². The minimum atomic E-state index is -1.30. The average molecular weight is 304 g/mol. The number of rotatable bonds is 5. The molecule has 0 aliphatic carbocycles. The molecule has 1 atom stereocenters. The summed E-state index contributed by atoms with van der Waals surface area (Å²) in [5.74, 6) is -0.697. The molecule has 2 rings (SSSR count). The van der Waals surface area contributed by atoms with Gasteiger partial charge in [-0.25, -0.2) is 4.21 Å². The number of hydrogen-bond donors (Lipinski definition) is 1. The van der Waals surface area contributed by atoms with E-state index in [1.54, 1.807) is 48.5 Å². The van der Waals surface area contributed by atoms with Gasteiger partial charge in [0.25, 0.3) is 12.5 Å². The SMILES string of the molecule is O=C(C[N+](=O)[O-])Nc1ccc(S(=O)c2ccccc2)cc1. The van der Waals surface area contributed by atoms with E-state index in [0.717, 1.165) is 0 Å². The third-order valence-electron chi connectivity index (χ3n) is 2.58. The molecular weight excluding hydrogens is 292 g/mol. The highest BCUT2D eigenvalue weighted by molar-refractivity contribution is 7.85. The summed E-state index contributed by atoms with van der Waals surface area (Å²) in [6, 6.07) is 15.3. The molecule has 0 fully saturated rings. The summed E-state index contributed by atoms with van der Waals surface area (Å²) in [7, 11) is -1.30. The zero-order chi connectivity index (χ0) is 15.2. The molecule has 0 aliphatic heterocycles. The summed E-state index contributed by atoms with van der Waals surface area (Å²) in [5, 5.41) is 12.6. The number of benzene rings is 2. The van der Waals surface area contributed by atoms with E-state index in [1.165, 1.54) is 0 Å². The van der Waals surface area contributed by atoms with Crippen molar-refractivity contribution >= 4 is 22.4 Å². The number of nitro groups is 1. The van der Waals surface area contributed by atoms with Gasteiger partial charge < -0.3 is 5.32 Å². The monoisotopic (exact) mass is 304 g/mol. The Balaban J connectivity index is 2.07. The van der Waals surface area contributed by atoms with E-state index in [9.17, 15) is 19.1 Å². The van der Waals surface area contributed by atoms with Crippen LogP contribution in [0, 0.1) is 10.1 Å². The van der Waals surface area contributed by atoms with E-state index in [1.807, 2.05) is 6.07 Å². The molecule has 6 nitrogen and oxygen atoms in total. The van der Waals surface area contributed by atoms with Crippen molar-refractivity contribution in [3.8, 4) is 0 Å². The summed E-state index contributed by atoms with van der Waals surface area (Å²) in [5.41, 5.74) is 0.427. The number of carbonyl (C=O) groups excluding carboxylic acids is 1. The van der Waals surface area contributed by atoms with Gasteiger partial charge >= 0.3 is 0 Å². The first-order valence-electron chi connectivity index (χ1n) is 6.05. The number of carbonyl (C=O) groups is 1. The fourth-order valence-electron chi connectivity index (χ4n) is 1.66. The summed E-state index contributed by atoms with van der Waals surface area (Å²) >= 11 is 0. The lowest BCUT2D eigenvalue weighted by atomic mass is 10.3. The molecule has 0 heterocycles. The summed E-state index contributed by atoms with van der Waals surface area (Å²) < 4.78 is 12.3. The highest BCUT2D eigenvalue weighted by Gasteiger charge is 2.10. The van der Waals surface area contributed by atoms with Crippen LogP contribution in [0.4, 0.5) is 5.69 Å². The second kappa shape index (κ2) is 6.76. The van der Waals surface area contributed by atoms with Crippen LogP contribution in [-0.4, -0.2) is 21.6 Å². The zero-order valence-corrected chi connectivity index (χ0v) is 11.7. The van der Waals surface area contributed by atoms with Crippen LogP contribution in [0.25, 0.3) is 0 Å². The van der Waals surface area contributed by atoms with Crippen LogP contribution in [0.2, 0.25) is 0 Å². The van der Waals surface area contributed by atoms with Crippen molar-refractivity contribution in [1.82, 2.24) is 0 Å². The maximum atomic E-state index is 12.3. The van der Waals surface area contributed by atoms with Crippen LogP contribution in [0.15, 0.2) is 64.4 Å². The van der Waals surface area contributed by atoms with Crippen molar-refractivity contribution in [2.75, 3.05) is 11.9 Å². The number of amides is 1. The molecule has 0 aromatic heterocycles. The summed E-state index contributed by atoms with van der Waals surface area (Å²) in [6.07, 6.45) is 0. The normalized spacial score (nSPS) is 11.6. The molecule has 0 saturated heterocycles. The molecule has 0 spiro atoms. The standard InChI is InChI=1S/C14H12N2O4S/c17-14(10-16(18)19)15-11-6-8-13(9-7-11)21(20)12-4-2-1-3-5-12/h1-9H,10H2,(H,15,17). The van der Waals surface area contributed by atoms with Crippen LogP contribution in [0.1, 0.15) is 0 Å². The van der Waals surface area contributed by atoms with Crippen LogP contribution >= 0.6 is 0 Å². The molecule has 0 saturated carbocycles. The maximum Gasteiger partial charge on any atom is 0.296 e. The van der Waals surface area contributed by atoms with E-state index in [2.05, 4.69) is 5.32 Å². The van der Waals surface area contributed by atoms with E-state index in [-0.39, 0.29) is 0 Å². The highest BCUT2D eigenvalue weighted by atomic mass is 32.2. The quantitative estimate of drug-likeness (QED) is 0.676. The zero-order valence-electron chi connectivity index (χ0n) is 10.9. The third kappa shape index (κ3) is 4.22. The maximum absolute atomic E-state index is 12.3. The third-order valence-corrected chi connectivity index (χ3v) is 3.98. The molecule has 7 heteroatoms. The van der Waals surface area contributed by atoms with E-state index in [4.69, 9.17) is 0 Å². The van der Waals surface area contributed by atoms with Crippen molar-refractivity contribution in [1.29, 1.82) is 0 Å². The molecule has 0 radical (unpaired) electrons. The van der Waals surface area contributed by atoms with Crippen LogP contribution < -0.4 is 5.32 Å². The Morgan fingerprint density at radius 3 is 2.19 bits per heavy atom. The first-order valence-corrected chi connectivity index (χ1v) is 7.20. The highest BCUT2D eigenvalue weighted by Crippen LogP contribution is 2.18. The topological polar surface area (TPSA) is 89.3 Å². The van der Waals surface area contributed by atoms with Crippen molar-refractivity contribution in [2.24, 2.45) is 0 Å². The first-order chi connectivity index (χ1) is 10.1. The molecule has 0 aliphatic rings. The molecule has 2 aromatic rings. The molecule has 0 bridgehead atoms. The Kier molecular flexibility index (Phi) is 4.78. The Labute approximate surface area is 123 Å². The molecule has 1 unspecified atom stereocenters. The molecule has 2 aromatic carbocycles. The fraction of sp³-hybridized carbons (Fsp3) is 0.0714. The Morgan fingerprint density at radius 2 is 1.62 bits per heavy atom. The lowest BCUT2D eigenvalue weighted by Gasteiger charge is -2.05. The van der Waals surface area contributed by atoms with Gasteiger partial charge in [0, 0.05) is 20.4 Å². The second-order valence-electron chi connectivity index (χ2n) is 4.15. The van der Waals surface area contributed by atoms with Gasteiger partial charge in [0.15, 0.2) is 0 Å². The van der Waals surface area contributed by atoms with Gasteiger partial charge in [-0.05, 0) is 36.4 Å². The minimum Gasteiger partial charge on any atom is -0.320 e. The van der Waals surface area contributed by atoms with Gasteiger partial charge in [-0.1, -0.05) is 18.2 Å². The molecule has 1 amide bonds. The lowest BCUT2D eigenvalue weighted by molar-refractivity contribution is -0.467. The smallest absolute Gasteiger partial charge is 0.296 e. The van der Waals surface area contributed by atoms with Gasteiger partial charge in [-0.3, -0.25) is 14.9 Å². The Hall–Kier alpha value is -2.54. The molecule has 21 heavy (non-hydrogen) atoms. The largest absolute Gasteiger partial charge is 0.320 e. The predicted octanol–water partition coefficient (Wildman–Crippen LogP) is 2.07. The van der Waals surface area contributed by atoms with Crippen molar-refractivity contribution in [2.45, 2.75) is 9.79 Å². The van der Waals surface area contributed by atoms with Gasteiger partial charge in [-0.2, -0.15) is 0 Å². The molecule has 108 valence electrons. The molecule has 1 N–H and O–H groups in total. The van der Waals surface area contributed by atoms with Crippen molar-refractivity contribution < 1.29 is 13.9 Å². The first kappa shape index (κ1) is 14.9. The van der Waals surface area contributed by atoms with Crippen molar-refractivity contribution in [3.05, 3.63) is 64.7 Å². The van der Waals surface area contributed by atoms with E-state index < -0.39 is 28.2 Å². The van der Waals surface area contributed by atoms with E-state index >= 15 is 0 Å². The number of anilines is 1. The molecular formula is C14H12N2O4S. The number of hydrogen-bond acceptors (Lipinski definition) is 4. The minimum absolute atomic E-state index is 0.427. The fourth-order valence-corrected chi connectivity index (χ4v) is 2.72.